The van der Waals surface area contributed by atoms with E-state index in [0.717, 1.165) is 50.7 Å². The topological polar surface area (TPSA) is 37.4 Å². The van der Waals surface area contributed by atoms with E-state index in [0.29, 0.717) is 6.04 Å². The van der Waals surface area contributed by atoms with Crippen LogP contribution in [0.5, 0.6) is 0 Å². The molecule has 0 radical (unpaired) electrons. The van der Waals surface area contributed by atoms with Crippen molar-refractivity contribution < 1.29 is 4.74 Å². The molecule has 0 saturated carbocycles. The maximum Gasteiger partial charge on any atom is 0.129 e. The fourth-order valence-electron chi connectivity index (χ4n) is 2.67. The summed E-state index contributed by atoms with van der Waals surface area (Å²) in [6.45, 7) is 7.98. The molecule has 0 spiro atoms. The van der Waals surface area contributed by atoms with Gasteiger partial charge in [-0.2, -0.15) is 0 Å². The summed E-state index contributed by atoms with van der Waals surface area (Å²) in [4.78, 5) is 7.01. The Labute approximate surface area is 122 Å². The van der Waals surface area contributed by atoms with Gasteiger partial charge in [0.2, 0.25) is 0 Å². The Hall–Kier alpha value is -1.13. The molecule has 0 bridgehead atoms. The zero-order chi connectivity index (χ0) is 14.4. The van der Waals surface area contributed by atoms with E-state index in [1.165, 1.54) is 12.0 Å². The van der Waals surface area contributed by atoms with Crippen LogP contribution in [0.1, 0.15) is 37.4 Å². The molecule has 0 unspecified atom stereocenters. The molecule has 1 aromatic rings. The molecule has 0 amide bonds. The van der Waals surface area contributed by atoms with Crippen molar-refractivity contribution in [2.75, 3.05) is 31.7 Å². The van der Waals surface area contributed by atoms with Gasteiger partial charge >= 0.3 is 0 Å². The summed E-state index contributed by atoms with van der Waals surface area (Å²) in [5.74, 6) is 1.09. The van der Waals surface area contributed by atoms with Crippen molar-refractivity contribution in [2.45, 2.75) is 45.7 Å². The predicted molar refractivity (Wildman–Crippen MR) is 83.2 cm³/mol. The Morgan fingerprint density at radius 2 is 2.10 bits per heavy atom. The van der Waals surface area contributed by atoms with E-state index in [1.54, 1.807) is 0 Å². The lowest BCUT2D eigenvalue weighted by Gasteiger charge is -2.32. The molecule has 1 aromatic heterocycles. The Kier molecular flexibility index (Phi) is 5.80. The number of hydrogen-bond donors (Lipinski definition) is 1. The highest BCUT2D eigenvalue weighted by Gasteiger charge is 2.19. The van der Waals surface area contributed by atoms with Crippen LogP contribution in [0, 0.1) is 6.92 Å². The van der Waals surface area contributed by atoms with Gasteiger partial charge in [-0.3, -0.25) is 0 Å². The second kappa shape index (κ2) is 7.60. The van der Waals surface area contributed by atoms with Gasteiger partial charge in [0.1, 0.15) is 5.82 Å². The van der Waals surface area contributed by atoms with Crippen LogP contribution in [-0.2, 0) is 11.3 Å². The lowest BCUT2D eigenvalue weighted by molar-refractivity contribution is 0.0853. The van der Waals surface area contributed by atoms with Crippen LogP contribution >= 0.6 is 0 Å². The maximum atomic E-state index is 5.44. The zero-order valence-electron chi connectivity index (χ0n) is 13.0. The molecule has 2 heterocycles. The van der Waals surface area contributed by atoms with Gasteiger partial charge in [-0.05, 0) is 50.4 Å². The minimum Gasteiger partial charge on any atom is -0.381 e. The fourth-order valence-corrected chi connectivity index (χ4v) is 2.67. The molecular weight excluding hydrogens is 250 g/mol. The largest absolute Gasteiger partial charge is 0.381 e. The first-order chi connectivity index (χ1) is 9.70. The first-order valence-corrected chi connectivity index (χ1v) is 7.69. The Balaban J connectivity index is 2.05. The number of pyridine rings is 1. The number of ether oxygens (including phenoxy) is 1. The first-order valence-electron chi connectivity index (χ1n) is 7.69. The summed E-state index contributed by atoms with van der Waals surface area (Å²) in [7, 11) is 2.15. The van der Waals surface area contributed by atoms with Crippen LogP contribution in [0.3, 0.4) is 0 Å². The van der Waals surface area contributed by atoms with E-state index >= 15 is 0 Å². The van der Waals surface area contributed by atoms with Crippen LogP contribution in [-0.4, -0.2) is 37.8 Å². The van der Waals surface area contributed by atoms with Crippen LogP contribution in [0.25, 0.3) is 0 Å². The fraction of sp³-hybridized carbons (Fsp3) is 0.688. The zero-order valence-corrected chi connectivity index (χ0v) is 13.0. The maximum absolute atomic E-state index is 5.44. The van der Waals surface area contributed by atoms with E-state index in [1.807, 2.05) is 0 Å². The van der Waals surface area contributed by atoms with E-state index in [2.05, 4.69) is 43.2 Å². The number of hydrogen-bond acceptors (Lipinski definition) is 4. The van der Waals surface area contributed by atoms with Crippen LogP contribution < -0.4 is 10.2 Å². The third-order valence-corrected chi connectivity index (χ3v) is 3.86. The molecule has 0 aromatic carbocycles. The molecule has 1 saturated heterocycles. The molecular formula is C16H27N3O. The van der Waals surface area contributed by atoms with Gasteiger partial charge in [-0.25, -0.2) is 4.98 Å². The van der Waals surface area contributed by atoms with Gasteiger partial charge in [0.05, 0.1) is 0 Å². The van der Waals surface area contributed by atoms with E-state index < -0.39 is 0 Å². The summed E-state index contributed by atoms with van der Waals surface area (Å²) >= 11 is 0. The van der Waals surface area contributed by atoms with E-state index in [4.69, 9.17) is 9.72 Å². The second-order valence-corrected chi connectivity index (χ2v) is 5.61. The summed E-state index contributed by atoms with van der Waals surface area (Å²) in [5, 5.41) is 3.46. The van der Waals surface area contributed by atoms with Gasteiger partial charge in [0.15, 0.2) is 0 Å². The van der Waals surface area contributed by atoms with Crippen molar-refractivity contribution in [3.05, 3.63) is 23.4 Å². The molecule has 0 atom stereocenters. The van der Waals surface area contributed by atoms with Crippen molar-refractivity contribution in [1.29, 1.82) is 0 Å². The Morgan fingerprint density at radius 1 is 1.35 bits per heavy atom. The summed E-state index contributed by atoms with van der Waals surface area (Å²) < 4.78 is 5.44. The van der Waals surface area contributed by atoms with Crippen LogP contribution in [0.4, 0.5) is 5.82 Å². The number of aromatic nitrogens is 1. The lowest BCUT2D eigenvalue weighted by atomic mass is 10.1. The van der Waals surface area contributed by atoms with Gasteiger partial charge < -0.3 is 15.0 Å². The minimum absolute atomic E-state index is 0.550. The third kappa shape index (κ3) is 4.18. The van der Waals surface area contributed by atoms with Crippen molar-refractivity contribution in [3.8, 4) is 0 Å². The van der Waals surface area contributed by atoms with Crippen molar-refractivity contribution in [1.82, 2.24) is 10.3 Å². The average Bonchev–Trinajstić information content (AvgIpc) is 2.47. The third-order valence-electron chi connectivity index (χ3n) is 3.86. The standard InChI is InChI=1S/C16H27N3O/c1-4-7-17-12-14-10-13(2)18-16(11-14)19(3)15-5-8-20-9-6-15/h10-11,15,17H,4-9,12H2,1-3H3. The summed E-state index contributed by atoms with van der Waals surface area (Å²) in [6, 6.07) is 4.93. The van der Waals surface area contributed by atoms with Gasteiger partial charge in [0, 0.05) is 38.5 Å². The van der Waals surface area contributed by atoms with Gasteiger partial charge in [-0.1, -0.05) is 6.92 Å². The summed E-state index contributed by atoms with van der Waals surface area (Å²) in [5.41, 5.74) is 2.41. The molecule has 1 aliphatic rings. The second-order valence-electron chi connectivity index (χ2n) is 5.61. The lowest BCUT2D eigenvalue weighted by Crippen LogP contribution is -2.37. The number of nitrogens with zero attached hydrogens (tertiary/aromatic N) is 2. The molecule has 1 N–H and O–H groups in total. The quantitative estimate of drug-likeness (QED) is 0.811. The number of nitrogens with one attached hydrogen (secondary N) is 1. The molecule has 1 fully saturated rings. The normalized spacial score (nSPS) is 16.4. The predicted octanol–water partition coefficient (Wildman–Crippen LogP) is 2.50. The monoisotopic (exact) mass is 277 g/mol. The highest BCUT2D eigenvalue weighted by Crippen LogP contribution is 2.21. The number of anilines is 1. The number of aryl methyl sites for hydroxylation is 1. The molecule has 0 aliphatic carbocycles. The van der Waals surface area contributed by atoms with E-state index in [-0.39, 0.29) is 0 Å². The van der Waals surface area contributed by atoms with Crippen molar-refractivity contribution >= 4 is 5.82 Å². The number of rotatable bonds is 6. The minimum atomic E-state index is 0.550. The first kappa shape index (κ1) is 15.3. The van der Waals surface area contributed by atoms with Gasteiger partial charge in [0.25, 0.3) is 0 Å². The highest BCUT2D eigenvalue weighted by molar-refractivity contribution is 5.43. The van der Waals surface area contributed by atoms with Gasteiger partial charge in [-0.15, -0.1) is 0 Å². The molecule has 112 valence electrons. The molecule has 4 nitrogen and oxygen atoms in total. The average molecular weight is 277 g/mol. The molecule has 20 heavy (non-hydrogen) atoms. The highest BCUT2D eigenvalue weighted by atomic mass is 16.5. The SMILES string of the molecule is CCCNCc1cc(C)nc(N(C)C2CCOCC2)c1. The van der Waals surface area contributed by atoms with E-state index in [9.17, 15) is 0 Å². The Bertz CT molecular complexity index is 416. The van der Waals surface area contributed by atoms with Crippen LogP contribution in [0.2, 0.25) is 0 Å². The smallest absolute Gasteiger partial charge is 0.129 e. The summed E-state index contributed by atoms with van der Waals surface area (Å²) in [6.07, 6.45) is 3.35. The molecule has 4 heteroatoms. The Morgan fingerprint density at radius 3 is 2.80 bits per heavy atom. The molecule has 1 aliphatic heterocycles. The molecule has 2 rings (SSSR count). The van der Waals surface area contributed by atoms with Crippen LogP contribution in [0.15, 0.2) is 12.1 Å². The van der Waals surface area contributed by atoms with Crippen molar-refractivity contribution in [3.63, 3.8) is 0 Å². The van der Waals surface area contributed by atoms with Crippen molar-refractivity contribution in [2.24, 2.45) is 0 Å².